The van der Waals surface area contributed by atoms with Gasteiger partial charge in [0.2, 0.25) is 11.8 Å². The number of amides is 2. The quantitative estimate of drug-likeness (QED) is 0.780. The molecule has 0 aromatic heterocycles. The first-order valence-electron chi connectivity index (χ1n) is 5.68. The second-order valence-electron chi connectivity index (χ2n) is 4.09. The van der Waals surface area contributed by atoms with Crippen LogP contribution in [0.5, 0.6) is 0 Å². The van der Waals surface area contributed by atoms with Crippen molar-refractivity contribution in [1.29, 1.82) is 0 Å². The van der Waals surface area contributed by atoms with Gasteiger partial charge in [-0.2, -0.15) is 0 Å². The van der Waals surface area contributed by atoms with Crippen LogP contribution in [0.15, 0.2) is 24.3 Å². The topological polar surface area (TPSA) is 61.4 Å². The van der Waals surface area contributed by atoms with Crippen LogP contribution >= 0.6 is 22.6 Å². The molecule has 6 heteroatoms. The number of piperazine rings is 1. The second-order valence-corrected chi connectivity index (χ2v) is 5.25. The number of hydrogen-bond acceptors (Lipinski definition) is 3. The molecule has 1 fully saturated rings. The lowest BCUT2D eigenvalue weighted by Gasteiger charge is -2.25. The van der Waals surface area contributed by atoms with Crippen molar-refractivity contribution in [1.82, 2.24) is 10.2 Å². The van der Waals surface area contributed by atoms with E-state index in [2.05, 4.69) is 33.2 Å². The molecule has 1 saturated heterocycles. The van der Waals surface area contributed by atoms with Crippen LogP contribution in [0, 0.1) is 3.57 Å². The molecule has 2 amide bonds. The molecule has 0 atom stereocenters. The predicted octanol–water partition coefficient (Wildman–Crippen LogP) is 0.661. The highest BCUT2D eigenvalue weighted by atomic mass is 127. The highest BCUT2D eigenvalue weighted by Gasteiger charge is 2.18. The zero-order valence-electron chi connectivity index (χ0n) is 9.78. The van der Waals surface area contributed by atoms with E-state index in [1.54, 1.807) is 0 Å². The van der Waals surface area contributed by atoms with Crippen molar-refractivity contribution in [2.45, 2.75) is 0 Å². The molecule has 0 radical (unpaired) electrons. The highest BCUT2D eigenvalue weighted by molar-refractivity contribution is 14.1. The summed E-state index contributed by atoms with van der Waals surface area (Å²) < 4.78 is 1.000. The molecule has 96 valence electrons. The van der Waals surface area contributed by atoms with E-state index in [0.717, 1.165) is 9.26 Å². The third kappa shape index (κ3) is 3.67. The van der Waals surface area contributed by atoms with Crippen molar-refractivity contribution >= 4 is 40.1 Å². The summed E-state index contributed by atoms with van der Waals surface area (Å²) in [6, 6.07) is 7.60. The normalized spacial score (nSPS) is 16.2. The first-order chi connectivity index (χ1) is 8.65. The Morgan fingerprint density at radius 1 is 1.44 bits per heavy atom. The summed E-state index contributed by atoms with van der Waals surface area (Å²) in [5, 5.41) is 5.58. The largest absolute Gasteiger partial charge is 0.354 e. The lowest BCUT2D eigenvalue weighted by Crippen LogP contribution is -2.49. The highest BCUT2D eigenvalue weighted by Crippen LogP contribution is 2.16. The molecule has 18 heavy (non-hydrogen) atoms. The van der Waals surface area contributed by atoms with Crippen LogP contribution in [-0.4, -0.2) is 42.9 Å². The standard InChI is InChI=1S/C12H14IN3O2/c13-9-3-1-2-4-10(9)15-12(18)8-16-6-5-14-11(17)7-16/h1-4H,5-8H2,(H,14,17)(H,15,18). The van der Waals surface area contributed by atoms with Gasteiger partial charge in [-0.15, -0.1) is 0 Å². The number of nitrogens with zero attached hydrogens (tertiary/aromatic N) is 1. The van der Waals surface area contributed by atoms with Crippen LogP contribution in [0.25, 0.3) is 0 Å². The fraction of sp³-hybridized carbons (Fsp3) is 0.333. The minimum Gasteiger partial charge on any atom is -0.354 e. The number of carbonyl (C=O) groups is 2. The van der Waals surface area contributed by atoms with Gasteiger partial charge in [0, 0.05) is 16.7 Å². The Morgan fingerprint density at radius 2 is 2.22 bits per heavy atom. The zero-order chi connectivity index (χ0) is 13.0. The smallest absolute Gasteiger partial charge is 0.238 e. The Hall–Kier alpha value is -1.15. The number of hydrogen-bond donors (Lipinski definition) is 2. The Balaban J connectivity index is 1.89. The average Bonchev–Trinajstić information content (AvgIpc) is 2.32. The molecule has 1 aliphatic heterocycles. The molecule has 0 spiro atoms. The van der Waals surface area contributed by atoms with Gasteiger partial charge in [0.05, 0.1) is 18.8 Å². The third-order valence-corrected chi connectivity index (χ3v) is 3.57. The lowest BCUT2D eigenvalue weighted by molar-refractivity contribution is -0.125. The van der Waals surface area contributed by atoms with Gasteiger partial charge in [-0.25, -0.2) is 0 Å². The van der Waals surface area contributed by atoms with Crippen LogP contribution in [0.2, 0.25) is 0 Å². The lowest BCUT2D eigenvalue weighted by atomic mass is 10.3. The van der Waals surface area contributed by atoms with Crippen molar-refractivity contribution in [3.63, 3.8) is 0 Å². The van der Waals surface area contributed by atoms with Crippen molar-refractivity contribution in [2.75, 3.05) is 31.5 Å². The number of anilines is 1. The molecule has 1 aliphatic rings. The number of benzene rings is 1. The molecule has 1 aromatic carbocycles. The number of nitrogens with one attached hydrogen (secondary N) is 2. The van der Waals surface area contributed by atoms with E-state index in [9.17, 15) is 9.59 Å². The van der Waals surface area contributed by atoms with Crippen molar-refractivity contribution < 1.29 is 9.59 Å². The van der Waals surface area contributed by atoms with Gasteiger partial charge in [0.1, 0.15) is 0 Å². The predicted molar refractivity (Wildman–Crippen MR) is 77.2 cm³/mol. The molecule has 0 unspecified atom stereocenters. The Labute approximate surface area is 119 Å². The van der Waals surface area contributed by atoms with Crippen LogP contribution in [0.1, 0.15) is 0 Å². The molecule has 1 aromatic rings. The summed E-state index contributed by atoms with van der Waals surface area (Å²) in [6.45, 7) is 1.86. The third-order valence-electron chi connectivity index (χ3n) is 2.63. The van der Waals surface area contributed by atoms with Gasteiger partial charge >= 0.3 is 0 Å². The molecular formula is C12H14IN3O2. The number of halogens is 1. The van der Waals surface area contributed by atoms with Gasteiger partial charge in [-0.3, -0.25) is 14.5 Å². The van der Waals surface area contributed by atoms with E-state index in [-0.39, 0.29) is 18.4 Å². The fourth-order valence-corrected chi connectivity index (χ4v) is 2.30. The summed E-state index contributed by atoms with van der Waals surface area (Å²) in [6.07, 6.45) is 0. The molecule has 5 nitrogen and oxygen atoms in total. The van der Waals surface area contributed by atoms with Crippen LogP contribution in [0.4, 0.5) is 5.69 Å². The van der Waals surface area contributed by atoms with Crippen LogP contribution in [-0.2, 0) is 9.59 Å². The van der Waals surface area contributed by atoms with Crippen molar-refractivity contribution in [3.8, 4) is 0 Å². The molecule has 0 aliphatic carbocycles. The Kier molecular flexibility index (Phi) is 4.54. The van der Waals surface area contributed by atoms with E-state index >= 15 is 0 Å². The van der Waals surface area contributed by atoms with Crippen molar-refractivity contribution in [2.24, 2.45) is 0 Å². The number of para-hydroxylation sites is 1. The molecular weight excluding hydrogens is 345 g/mol. The molecule has 1 heterocycles. The van der Waals surface area contributed by atoms with E-state index in [1.807, 2.05) is 29.2 Å². The minimum atomic E-state index is -0.0891. The van der Waals surface area contributed by atoms with Crippen LogP contribution < -0.4 is 10.6 Å². The van der Waals surface area contributed by atoms with Crippen molar-refractivity contribution in [3.05, 3.63) is 27.8 Å². The van der Waals surface area contributed by atoms with E-state index in [1.165, 1.54) is 0 Å². The second kappa shape index (κ2) is 6.14. The molecule has 2 rings (SSSR count). The molecule has 0 saturated carbocycles. The summed E-state index contributed by atoms with van der Waals surface area (Å²) in [7, 11) is 0. The summed E-state index contributed by atoms with van der Waals surface area (Å²) >= 11 is 2.18. The monoisotopic (exact) mass is 359 g/mol. The average molecular weight is 359 g/mol. The zero-order valence-corrected chi connectivity index (χ0v) is 11.9. The fourth-order valence-electron chi connectivity index (χ4n) is 1.78. The minimum absolute atomic E-state index is 0.0247. The molecule has 0 bridgehead atoms. The summed E-state index contributed by atoms with van der Waals surface area (Å²) in [4.78, 5) is 24.9. The SMILES string of the molecule is O=C1CN(CC(=O)Nc2ccccc2I)CCN1. The maximum Gasteiger partial charge on any atom is 0.238 e. The van der Waals surface area contributed by atoms with Crippen LogP contribution in [0.3, 0.4) is 0 Å². The summed E-state index contributed by atoms with van der Waals surface area (Å²) in [5.74, 6) is -0.114. The Bertz CT molecular complexity index is 464. The number of rotatable bonds is 3. The van der Waals surface area contributed by atoms with E-state index < -0.39 is 0 Å². The van der Waals surface area contributed by atoms with Gasteiger partial charge in [0.15, 0.2) is 0 Å². The maximum absolute atomic E-state index is 11.9. The van der Waals surface area contributed by atoms with E-state index in [4.69, 9.17) is 0 Å². The number of carbonyl (C=O) groups excluding carboxylic acids is 2. The first-order valence-corrected chi connectivity index (χ1v) is 6.76. The van der Waals surface area contributed by atoms with Gasteiger partial charge < -0.3 is 10.6 Å². The first kappa shape index (κ1) is 13.3. The van der Waals surface area contributed by atoms with E-state index in [0.29, 0.717) is 19.6 Å². The van der Waals surface area contributed by atoms with Gasteiger partial charge in [-0.1, -0.05) is 12.1 Å². The summed E-state index contributed by atoms with van der Waals surface area (Å²) in [5.41, 5.74) is 0.810. The Morgan fingerprint density at radius 3 is 2.94 bits per heavy atom. The van der Waals surface area contributed by atoms with Gasteiger partial charge in [0.25, 0.3) is 0 Å². The van der Waals surface area contributed by atoms with Gasteiger partial charge in [-0.05, 0) is 34.7 Å². The molecule has 2 N–H and O–H groups in total. The maximum atomic E-state index is 11.9.